The first-order chi connectivity index (χ1) is 16.4. The first kappa shape index (κ1) is 22.7. The van der Waals surface area contributed by atoms with Crippen LogP contribution in [0.4, 0.5) is 0 Å². The summed E-state index contributed by atoms with van der Waals surface area (Å²) in [5, 5.41) is 5.30. The third kappa shape index (κ3) is 4.25. The van der Waals surface area contributed by atoms with Gasteiger partial charge >= 0.3 is 0 Å². The van der Waals surface area contributed by atoms with Crippen LogP contribution in [0, 0.1) is 20.8 Å². The fraction of sp³-hybridized carbons (Fsp3) is 0.333. The zero-order valence-electron chi connectivity index (χ0n) is 19.8. The Balaban J connectivity index is 1.62. The number of rotatable bonds is 4. The summed E-state index contributed by atoms with van der Waals surface area (Å²) >= 11 is 3.49. The minimum atomic E-state index is -0.128. The van der Waals surface area contributed by atoms with Gasteiger partial charge < -0.3 is 4.57 Å². The van der Waals surface area contributed by atoms with Crippen LogP contribution in [-0.4, -0.2) is 25.4 Å². The Hall–Kier alpha value is -3.06. The lowest BCUT2D eigenvalue weighted by Gasteiger charge is -2.22. The third-order valence-corrected chi connectivity index (χ3v) is 7.21. The molecule has 7 heteroatoms. The fourth-order valence-corrected chi connectivity index (χ4v) is 5.30. The van der Waals surface area contributed by atoms with E-state index in [9.17, 15) is 4.79 Å². The van der Waals surface area contributed by atoms with Crippen LogP contribution in [0.2, 0.25) is 0 Å². The van der Waals surface area contributed by atoms with Crippen LogP contribution in [-0.2, 0) is 0 Å². The zero-order chi connectivity index (χ0) is 23.8. The predicted molar refractivity (Wildman–Crippen MR) is 140 cm³/mol. The molecule has 0 aliphatic heterocycles. The number of aryl methyl sites for hydroxylation is 2. The maximum absolute atomic E-state index is 13.6. The highest BCUT2D eigenvalue weighted by Crippen LogP contribution is 2.32. The molecule has 4 aromatic rings. The molecule has 1 fully saturated rings. The molecule has 1 aliphatic rings. The highest BCUT2D eigenvalue weighted by molar-refractivity contribution is 9.10. The molecule has 3 heterocycles. The van der Waals surface area contributed by atoms with Crippen LogP contribution in [0.5, 0.6) is 0 Å². The maximum Gasteiger partial charge on any atom is 0.282 e. The van der Waals surface area contributed by atoms with E-state index in [1.54, 1.807) is 6.21 Å². The van der Waals surface area contributed by atoms with Gasteiger partial charge in [0.1, 0.15) is 11.6 Å². The van der Waals surface area contributed by atoms with E-state index in [0.717, 1.165) is 69.8 Å². The van der Waals surface area contributed by atoms with Gasteiger partial charge in [0.15, 0.2) is 0 Å². The first-order valence-corrected chi connectivity index (χ1v) is 12.6. The number of nitrogens with zero attached hydrogens (tertiary/aromatic N) is 5. The minimum Gasteiger partial charge on any atom is -0.303 e. The molecule has 1 aliphatic carbocycles. The lowest BCUT2D eigenvalue weighted by molar-refractivity contribution is 0.416. The summed E-state index contributed by atoms with van der Waals surface area (Å²) in [6, 6.07) is 11.8. The van der Waals surface area contributed by atoms with Gasteiger partial charge in [-0.05, 0) is 75.6 Å². The molecule has 0 atom stereocenters. The van der Waals surface area contributed by atoms with Crippen molar-refractivity contribution in [3.63, 3.8) is 0 Å². The number of aromatic nitrogens is 4. The number of fused-ring (bicyclic) bond motifs is 1. The Kier molecular flexibility index (Phi) is 6.21. The number of hydrogen-bond acceptors (Lipinski definition) is 4. The number of hydrogen-bond donors (Lipinski definition) is 0. The Morgan fingerprint density at radius 3 is 2.62 bits per heavy atom. The van der Waals surface area contributed by atoms with Crippen molar-refractivity contribution in [1.29, 1.82) is 0 Å². The van der Waals surface area contributed by atoms with Gasteiger partial charge in [-0.15, -0.1) is 0 Å². The van der Waals surface area contributed by atoms with Gasteiger partial charge in [-0.2, -0.15) is 9.78 Å². The third-order valence-electron chi connectivity index (χ3n) is 6.72. The van der Waals surface area contributed by atoms with Crippen LogP contribution in [0.15, 0.2) is 57.0 Å². The molecular formula is C27H28BrN5O. The molecule has 34 heavy (non-hydrogen) atoms. The lowest BCUT2D eigenvalue weighted by Crippen LogP contribution is -2.25. The molecule has 0 amide bonds. The van der Waals surface area contributed by atoms with Crippen LogP contribution >= 0.6 is 15.9 Å². The normalized spacial score (nSPS) is 14.9. The fourth-order valence-electron chi connectivity index (χ4n) is 4.94. The molecule has 1 aromatic carbocycles. The van der Waals surface area contributed by atoms with E-state index in [1.807, 2.05) is 30.5 Å². The Labute approximate surface area is 207 Å². The Bertz CT molecular complexity index is 1460. The standard InChI is InChI=1S/C27H28BrN5O/c1-17-11-12-29-25(13-17)32-18(2)14-21(19(32)3)16-30-33-26(20-7-5-4-6-8-20)31-24-10-9-22(28)15-23(24)27(33)34/h9-16,20H,4-8H2,1-3H3. The van der Waals surface area contributed by atoms with Crippen LogP contribution in [0.1, 0.15) is 66.4 Å². The average Bonchev–Trinajstić information content (AvgIpc) is 3.12. The molecule has 0 saturated heterocycles. The summed E-state index contributed by atoms with van der Waals surface area (Å²) in [6.07, 6.45) is 9.25. The lowest BCUT2D eigenvalue weighted by atomic mass is 9.88. The van der Waals surface area contributed by atoms with Crippen molar-refractivity contribution in [3.05, 3.63) is 85.8 Å². The van der Waals surface area contributed by atoms with Crippen LogP contribution < -0.4 is 5.56 Å². The molecule has 0 bridgehead atoms. The molecule has 174 valence electrons. The van der Waals surface area contributed by atoms with E-state index in [4.69, 9.17) is 10.1 Å². The zero-order valence-corrected chi connectivity index (χ0v) is 21.3. The van der Waals surface area contributed by atoms with Gasteiger partial charge in [-0.25, -0.2) is 9.97 Å². The smallest absolute Gasteiger partial charge is 0.282 e. The molecular weight excluding hydrogens is 490 g/mol. The number of halogens is 1. The molecule has 3 aromatic heterocycles. The topological polar surface area (TPSA) is 65.1 Å². The van der Waals surface area contributed by atoms with E-state index in [0.29, 0.717) is 5.39 Å². The van der Waals surface area contributed by atoms with Crippen molar-refractivity contribution in [2.45, 2.75) is 58.8 Å². The van der Waals surface area contributed by atoms with E-state index in [2.05, 4.69) is 58.4 Å². The van der Waals surface area contributed by atoms with Crippen LogP contribution in [0.25, 0.3) is 16.7 Å². The summed E-state index contributed by atoms with van der Waals surface area (Å²) in [7, 11) is 0. The average molecular weight is 518 g/mol. The summed E-state index contributed by atoms with van der Waals surface area (Å²) < 4.78 is 4.51. The Morgan fingerprint density at radius 2 is 1.85 bits per heavy atom. The van der Waals surface area contributed by atoms with Gasteiger partial charge in [-0.1, -0.05) is 35.2 Å². The van der Waals surface area contributed by atoms with E-state index in [1.165, 1.54) is 11.1 Å². The van der Waals surface area contributed by atoms with Crippen molar-refractivity contribution in [2.75, 3.05) is 0 Å². The maximum atomic E-state index is 13.6. The van der Waals surface area contributed by atoms with E-state index in [-0.39, 0.29) is 11.5 Å². The van der Waals surface area contributed by atoms with Crippen molar-refractivity contribution in [2.24, 2.45) is 5.10 Å². The summed E-state index contributed by atoms with van der Waals surface area (Å²) in [5.41, 5.74) is 4.81. The largest absolute Gasteiger partial charge is 0.303 e. The van der Waals surface area contributed by atoms with Crippen LogP contribution in [0.3, 0.4) is 0 Å². The first-order valence-electron chi connectivity index (χ1n) is 11.8. The van der Waals surface area contributed by atoms with Gasteiger partial charge in [0.05, 0.1) is 17.1 Å². The van der Waals surface area contributed by atoms with Crippen molar-refractivity contribution < 1.29 is 0 Å². The summed E-state index contributed by atoms with van der Waals surface area (Å²) in [5.74, 6) is 1.90. The molecule has 6 nitrogen and oxygen atoms in total. The molecule has 5 rings (SSSR count). The second-order valence-electron chi connectivity index (χ2n) is 9.18. The van der Waals surface area contributed by atoms with Gasteiger partial charge in [0.25, 0.3) is 5.56 Å². The molecule has 1 saturated carbocycles. The molecule has 0 unspecified atom stereocenters. The van der Waals surface area contributed by atoms with E-state index >= 15 is 0 Å². The quantitative estimate of drug-likeness (QED) is 0.302. The highest BCUT2D eigenvalue weighted by Gasteiger charge is 2.22. The van der Waals surface area contributed by atoms with Gasteiger partial charge in [-0.3, -0.25) is 4.79 Å². The summed E-state index contributed by atoms with van der Waals surface area (Å²) in [4.78, 5) is 23.0. The second kappa shape index (κ2) is 9.29. The monoisotopic (exact) mass is 517 g/mol. The van der Waals surface area contributed by atoms with Crippen molar-refractivity contribution in [1.82, 2.24) is 19.2 Å². The number of pyridine rings is 1. The Morgan fingerprint density at radius 1 is 1.06 bits per heavy atom. The van der Waals surface area contributed by atoms with Gasteiger partial charge in [0, 0.05) is 33.5 Å². The molecule has 0 N–H and O–H groups in total. The molecule has 0 radical (unpaired) electrons. The molecule has 0 spiro atoms. The minimum absolute atomic E-state index is 0.128. The highest BCUT2D eigenvalue weighted by atomic mass is 79.9. The predicted octanol–water partition coefficient (Wildman–Crippen LogP) is 6.20. The van der Waals surface area contributed by atoms with Crippen molar-refractivity contribution >= 4 is 33.0 Å². The SMILES string of the molecule is Cc1ccnc(-n2c(C)cc(C=Nn3c(C4CCCCC4)nc4ccc(Br)cc4c3=O)c2C)c1. The van der Waals surface area contributed by atoms with Crippen molar-refractivity contribution in [3.8, 4) is 5.82 Å². The number of benzene rings is 1. The summed E-state index contributed by atoms with van der Waals surface area (Å²) in [6.45, 7) is 6.17. The van der Waals surface area contributed by atoms with E-state index < -0.39 is 0 Å². The van der Waals surface area contributed by atoms with Gasteiger partial charge in [0.2, 0.25) is 0 Å². The second-order valence-corrected chi connectivity index (χ2v) is 10.1.